The maximum absolute atomic E-state index is 3.68. The lowest BCUT2D eigenvalue weighted by Gasteiger charge is -2.46. The second-order valence-corrected chi connectivity index (χ2v) is 5.56. The molecule has 0 aromatic heterocycles. The van der Waals surface area contributed by atoms with Gasteiger partial charge >= 0.3 is 0 Å². The van der Waals surface area contributed by atoms with E-state index in [1.54, 1.807) is 0 Å². The van der Waals surface area contributed by atoms with Crippen molar-refractivity contribution in [3.8, 4) is 0 Å². The van der Waals surface area contributed by atoms with Crippen LogP contribution in [0.3, 0.4) is 0 Å². The molecule has 0 aromatic rings. The van der Waals surface area contributed by atoms with E-state index in [2.05, 4.69) is 45.3 Å². The van der Waals surface area contributed by atoms with Crippen molar-refractivity contribution < 1.29 is 0 Å². The van der Waals surface area contributed by atoms with Gasteiger partial charge in [-0.25, -0.2) is 0 Å². The Morgan fingerprint density at radius 2 is 1.62 bits per heavy atom. The third kappa shape index (κ3) is 3.28. The Hall–Kier alpha value is -0.0800. The summed E-state index contributed by atoms with van der Waals surface area (Å²) in [7, 11) is 0. The van der Waals surface area contributed by atoms with Gasteiger partial charge in [0.2, 0.25) is 0 Å². The Bertz CT molecular complexity index is 157. The highest BCUT2D eigenvalue weighted by atomic mass is 15.1. The number of hydrogen-bond acceptors (Lipinski definition) is 2. The van der Waals surface area contributed by atoms with Gasteiger partial charge in [-0.1, -0.05) is 6.92 Å². The molecule has 0 atom stereocenters. The van der Waals surface area contributed by atoms with Gasteiger partial charge in [-0.2, -0.15) is 0 Å². The zero-order chi connectivity index (χ0) is 10.1. The minimum atomic E-state index is 0.272. The topological polar surface area (TPSA) is 24.1 Å². The molecular formula is C11H24N2. The summed E-state index contributed by atoms with van der Waals surface area (Å²) in [6.45, 7) is 12.4. The van der Waals surface area contributed by atoms with Crippen molar-refractivity contribution in [2.24, 2.45) is 0 Å². The van der Waals surface area contributed by atoms with E-state index in [0.717, 1.165) is 6.54 Å². The molecule has 78 valence electrons. The van der Waals surface area contributed by atoms with Crippen molar-refractivity contribution >= 4 is 0 Å². The number of rotatable bonds is 2. The Balaban J connectivity index is 2.61. The van der Waals surface area contributed by atoms with Crippen LogP contribution in [0.1, 0.15) is 47.5 Å². The Morgan fingerprint density at radius 1 is 1.15 bits per heavy atom. The molecule has 1 aliphatic heterocycles. The molecule has 1 heterocycles. The zero-order valence-electron chi connectivity index (χ0n) is 9.70. The first-order valence-corrected chi connectivity index (χ1v) is 5.37. The molecule has 0 amide bonds. The average molecular weight is 184 g/mol. The van der Waals surface area contributed by atoms with Crippen LogP contribution in [-0.2, 0) is 0 Å². The van der Waals surface area contributed by atoms with Gasteiger partial charge < -0.3 is 10.6 Å². The van der Waals surface area contributed by atoms with Gasteiger partial charge in [-0.3, -0.25) is 0 Å². The molecule has 0 radical (unpaired) electrons. The summed E-state index contributed by atoms with van der Waals surface area (Å²) in [5.41, 5.74) is 0.545. The second-order valence-electron chi connectivity index (χ2n) is 5.56. The fraction of sp³-hybridized carbons (Fsp3) is 1.00. The quantitative estimate of drug-likeness (QED) is 0.685. The van der Waals surface area contributed by atoms with Crippen molar-refractivity contribution in [3.63, 3.8) is 0 Å². The van der Waals surface area contributed by atoms with Crippen LogP contribution >= 0.6 is 0 Å². The molecule has 0 spiro atoms. The van der Waals surface area contributed by atoms with E-state index in [9.17, 15) is 0 Å². The molecule has 0 unspecified atom stereocenters. The van der Waals surface area contributed by atoms with Crippen LogP contribution in [0, 0.1) is 0 Å². The minimum Gasteiger partial charge on any atom is -0.314 e. The fourth-order valence-electron chi connectivity index (χ4n) is 2.76. The predicted octanol–water partition coefficient (Wildman–Crippen LogP) is 1.91. The molecule has 2 heteroatoms. The summed E-state index contributed by atoms with van der Waals surface area (Å²) in [5.74, 6) is 0. The van der Waals surface area contributed by atoms with E-state index in [1.165, 1.54) is 12.8 Å². The highest BCUT2D eigenvalue weighted by Crippen LogP contribution is 2.28. The second kappa shape index (κ2) is 3.58. The van der Waals surface area contributed by atoms with Crippen LogP contribution in [0.5, 0.6) is 0 Å². The van der Waals surface area contributed by atoms with Crippen molar-refractivity contribution in [3.05, 3.63) is 0 Å². The SMILES string of the molecule is CCNC1CC(C)(C)NC(C)(C)C1. The molecule has 1 aliphatic rings. The molecule has 0 saturated carbocycles. The Morgan fingerprint density at radius 3 is 2.00 bits per heavy atom. The van der Waals surface area contributed by atoms with E-state index >= 15 is 0 Å². The normalized spacial score (nSPS) is 27.5. The van der Waals surface area contributed by atoms with Crippen molar-refractivity contribution in [2.75, 3.05) is 6.54 Å². The van der Waals surface area contributed by atoms with Crippen LogP contribution in [0.25, 0.3) is 0 Å². The lowest BCUT2D eigenvalue weighted by molar-refractivity contribution is 0.147. The largest absolute Gasteiger partial charge is 0.314 e. The van der Waals surface area contributed by atoms with Gasteiger partial charge in [0.25, 0.3) is 0 Å². The lowest BCUT2D eigenvalue weighted by atomic mass is 9.79. The van der Waals surface area contributed by atoms with Crippen LogP contribution in [0.4, 0.5) is 0 Å². The first-order valence-electron chi connectivity index (χ1n) is 5.37. The van der Waals surface area contributed by atoms with Crippen molar-refractivity contribution in [1.82, 2.24) is 10.6 Å². The number of hydrogen-bond donors (Lipinski definition) is 2. The molecule has 1 fully saturated rings. The van der Waals surface area contributed by atoms with Crippen LogP contribution < -0.4 is 10.6 Å². The van der Waals surface area contributed by atoms with E-state index in [4.69, 9.17) is 0 Å². The highest BCUT2D eigenvalue weighted by Gasteiger charge is 2.36. The van der Waals surface area contributed by atoms with E-state index < -0.39 is 0 Å². The Labute approximate surface area is 82.5 Å². The molecule has 13 heavy (non-hydrogen) atoms. The molecule has 0 aliphatic carbocycles. The maximum atomic E-state index is 3.68. The molecule has 2 nitrogen and oxygen atoms in total. The van der Waals surface area contributed by atoms with E-state index in [-0.39, 0.29) is 11.1 Å². The molecule has 1 rings (SSSR count). The maximum Gasteiger partial charge on any atom is 0.0144 e. The summed E-state index contributed by atoms with van der Waals surface area (Å²) in [4.78, 5) is 0. The summed E-state index contributed by atoms with van der Waals surface area (Å²) < 4.78 is 0. The summed E-state index contributed by atoms with van der Waals surface area (Å²) in [6, 6.07) is 0.677. The standard InChI is InChI=1S/C11H24N2/c1-6-12-9-7-10(2,3)13-11(4,5)8-9/h9,12-13H,6-8H2,1-5H3. The van der Waals surface area contributed by atoms with Gasteiger partial charge in [0.1, 0.15) is 0 Å². The Kier molecular flexibility index (Phi) is 3.03. The smallest absolute Gasteiger partial charge is 0.0144 e. The predicted molar refractivity (Wildman–Crippen MR) is 58.0 cm³/mol. The van der Waals surface area contributed by atoms with Gasteiger partial charge in [0.05, 0.1) is 0 Å². The average Bonchev–Trinajstić information content (AvgIpc) is 1.78. The van der Waals surface area contributed by atoms with E-state index in [1.807, 2.05) is 0 Å². The van der Waals surface area contributed by atoms with Crippen LogP contribution in [0.2, 0.25) is 0 Å². The molecule has 2 N–H and O–H groups in total. The molecule has 1 saturated heterocycles. The fourth-order valence-corrected chi connectivity index (χ4v) is 2.76. The summed E-state index contributed by atoms with van der Waals surface area (Å²) in [5, 5.41) is 7.24. The highest BCUT2D eigenvalue weighted by molar-refractivity contribution is 4.99. The van der Waals surface area contributed by atoms with Gasteiger partial charge in [0.15, 0.2) is 0 Å². The molecule has 0 bridgehead atoms. The third-order valence-electron chi connectivity index (χ3n) is 2.68. The van der Waals surface area contributed by atoms with E-state index in [0.29, 0.717) is 6.04 Å². The lowest BCUT2D eigenvalue weighted by Crippen LogP contribution is -2.61. The van der Waals surface area contributed by atoms with Gasteiger partial charge in [-0.15, -0.1) is 0 Å². The third-order valence-corrected chi connectivity index (χ3v) is 2.68. The monoisotopic (exact) mass is 184 g/mol. The first-order chi connectivity index (χ1) is 5.85. The van der Waals surface area contributed by atoms with Crippen molar-refractivity contribution in [2.45, 2.75) is 64.6 Å². The summed E-state index contributed by atoms with van der Waals surface area (Å²) >= 11 is 0. The minimum absolute atomic E-state index is 0.272. The number of piperidine rings is 1. The first kappa shape index (κ1) is 11.0. The molecular weight excluding hydrogens is 160 g/mol. The van der Waals surface area contributed by atoms with Gasteiger partial charge in [-0.05, 0) is 47.1 Å². The zero-order valence-corrected chi connectivity index (χ0v) is 9.70. The number of nitrogens with one attached hydrogen (secondary N) is 2. The van der Waals surface area contributed by atoms with Crippen LogP contribution in [0.15, 0.2) is 0 Å². The molecule has 0 aromatic carbocycles. The van der Waals surface area contributed by atoms with Gasteiger partial charge in [0, 0.05) is 17.1 Å². The van der Waals surface area contributed by atoms with Crippen molar-refractivity contribution in [1.29, 1.82) is 0 Å². The van der Waals surface area contributed by atoms with Crippen LogP contribution in [-0.4, -0.2) is 23.7 Å². The summed E-state index contributed by atoms with van der Waals surface area (Å²) in [6.07, 6.45) is 2.45.